The van der Waals surface area contributed by atoms with Crippen LogP contribution in [0.1, 0.15) is 18.9 Å². The Morgan fingerprint density at radius 2 is 2.10 bits per heavy atom. The van der Waals surface area contributed by atoms with Crippen LogP contribution in [0.4, 0.5) is 0 Å². The number of halogens is 1. The lowest BCUT2D eigenvalue weighted by Crippen LogP contribution is -2.19. The number of nitrogens with one attached hydrogen (secondary N) is 1. The molecule has 1 aromatic carbocycles. The van der Waals surface area contributed by atoms with Gasteiger partial charge in [-0.25, -0.2) is 0 Å². The summed E-state index contributed by atoms with van der Waals surface area (Å²) in [4.78, 5) is 0. The van der Waals surface area contributed by atoms with Crippen molar-refractivity contribution in [2.45, 2.75) is 19.9 Å². The second kappa shape index (κ2) is 10.7. The van der Waals surface area contributed by atoms with Crippen LogP contribution >= 0.6 is 15.9 Å². The summed E-state index contributed by atoms with van der Waals surface area (Å²) in [5.41, 5.74) is 1.09. The third-order valence-electron chi connectivity index (χ3n) is 2.69. The molecule has 0 amide bonds. The van der Waals surface area contributed by atoms with E-state index in [1.165, 1.54) is 0 Å². The van der Waals surface area contributed by atoms with Gasteiger partial charge in [0.1, 0.15) is 18.1 Å². The molecule has 0 aliphatic heterocycles. The Bertz CT molecular complexity index is 438. The van der Waals surface area contributed by atoms with Crippen LogP contribution in [0.15, 0.2) is 29.3 Å². The first kappa shape index (κ1) is 18.0. The monoisotopic (exact) mass is 357 g/mol. The zero-order chi connectivity index (χ0) is 15.5. The van der Waals surface area contributed by atoms with E-state index in [2.05, 4.69) is 34.7 Å². The predicted octanol–water partition coefficient (Wildman–Crippen LogP) is 3.50. The second-order valence-electron chi connectivity index (χ2n) is 4.59. The topological polar surface area (TPSA) is 39.7 Å². The van der Waals surface area contributed by atoms with Crippen LogP contribution in [0.5, 0.6) is 11.5 Å². The van der Waals surface area contributed by atoms with Crippen molar-refractivity contribution in [2.75, 3.05) is 33.5 Å². The number of hydrogen-bond acceptors (Lipinski definition) is 4. The van der Waals surface area contributed by atoms with Crippen molar-refractivity contribution < 1.29 is 14.2 Å². The van der Waals surface area contributed by atoms with Crippen molar-refractivity contribution in [2.24, 2.45) is 0 Å². The number of methoxy groups -OCH3 is 1. The lowest BCUT2D eigenvalue weighted by atomic mass is 10.2. The Balaban J connectivity index is 2.70. The summed E-state index contributed by atoms with van der Waals surface area (Å²) in [6.07, 6.45) is 0.981. The molecule has 1 N–H and O–H groups in total. The van der Waals surface area contributed by atoms with Crippen LogP contribution < -0.4 is 14.8 Å². The van der Waals surface area contributed by atoms with Gasteiger partial charge in [-0.2, -0.15) is 0 Å². The molecule has 0 fully saturated rings. The highest BCUT2D eigenvalue weighted by molar-refractivity contribution is 9.11. The summed E-state index contributed by atoms with van der Waals surface area (Å²) in [6.45, 7) is 9.22. The van der Waals surface area contributed by atoms with Crippen molar-refractivity contribution in [3.8, 4) is 11.5 Å². The normalized spacial score (nSPS) is 10.4. The second-order valence-corrected chi connectivity index (χ2v) is 5.71. The molecule has 0 aliphatic rings. The minimum Gasteiger partial charge on any atom is -0.493 e. The molecule has 0 unspecified atom stereocenters. The first-order valence-corrected chi connectivity index (χ1v) is 7.88. The fraction of sp³-hybridized carbons (Fsp3) is 0.500. The van der Waals surface area contributed by atoms with E-state index in [0.717, 1.165) is 41.1 Å². The Hall–Kier alpha value is -1.04. The maximum Gasteiger partial charge on any atom is 0.128 e. The van der Waals surface area contributed by atoms with Gasteiger partial charge in [-0.1, -0.05) is 35.5 Å². The average molecular weight is 358 g/mol. The van der Waals surface area contributed by atoms with E-state index in [9.17, 15) is 0 Å². The van der Waals surface area contributed by atoms with Crippen LogP contribution in [-0.2, 0) is 11.3 Å². The predicted molar refractivity (Wildman–Crippen MR) is 89.4 cm³/mol. The lowest BCUT2D eigenvalue weighted by molar-refractivity contribution is 0.199. The van der Waals surface area contributed by atoms with Gasteiger partial charge in [0.15, 0.2) is 0 Å². The summed E-state index contributed by atoms with van der Waals surface area (Å²) < 4.78 is 17.3. The number of hydrogen-bond donors (Lipinski definition) is 1. The van der Waals surface area contributed by atoms with Crippen LogP contribution in [0, 0.1) is 0 Å². The van der Waals surface area contributed by atoms with Gasteiger partial charge in [0.2, 0.25) is 0 Å². The smallest absolute Gasteiger partial charge is 0.128 e. The zero-order valence-corrected chi connectivity index (χ0v) is 14.4. The van der Waals surface area contributed by atoms with Gasteiger partial charge in [-0.05, 0) is 12.5 Å². The highest BCUT2D eigenvalue weighted by Gasteiger charge is 2.07. The third kappa shape index (κ3) is 7.50. The Labute approximate surface area is 135 Å². The fourth-order valence-corrected chi connectivity index (χ4v) is 1.79. The Kier molecular flexibility index (Phi) is 9.14. The van der Waals surface area contributed by atoms with Gasteiger partial charge >= 0.3 is 0 Å². The minimum atomic E-state index is 0.433. The van der Waals surface area contributed by atoms with E-state index in [-0.39, 0.29) is 0 Å². The van der Waals surface area contributed by atoms with Crippen molar-refractivity contribution in [3.05, 3.63) is 34.8 Å². The number of rotatable bonds is 11. The van der Waals surface area contributed by atoms with Gasteiger partial charge in [0.25, 0.3) is 0 Å². The SMILES string of the molecule is C=C(Br)COc1cc(OCCC)ccc1CNCCOC. The summed E-state index contributed by atoms with van der Waals surface area (Å²) in [5.74, 6) is 1.64. The fourth-order valence-electron chi connectivity index (χ4n) is 1.68. The summed E-state index contributed by atoms with van der Waals surface area (Å²) in [5, 5.41) is 3.31. The molecule has 118 valence electrons. The zero-order valence-electron chi connectivity index (χ0n) is 12.8. The molecule has 0 saturated carbocycles. The standard InChI is InChI=1S/C16H24BrNO3/c1-4-8-20-15-6-5-14(11-18-7-9-19-3)16(10-15)21-12-13(2)17/h5-6,10,18H,2,4,7-9,11-12H2,1,3H3. The maximum atomic E-state index is 5.78. The van der Waals surface area contributed by atoms with Crippen molar-refractivity contribution >= 4 is 15.9 Å². The molecule has 1 rings (SSSR count). The first-order chi connectivity index (χ1) is 10.2. The van der Waals surface area contributed by atoms with Gasteiger partial charge in [-0.15, -0.1) is 0 Å². The molecule has 1 aromatic rings. The summed E-state index contributed by atoms with van der Waals surface area (Å²) in [6, 6.07) is 5.93. The molecular weight excluding hydrogens is 334 g/mol. The molecule has 0 saturated heterocycles. The van der Waals surface area contributed by atoms with Gasteiger partial charge in [0, 0.05) is 36.3 Å². The number of benzene rings is 1. The third-order valence-corrected chi connectivity index (χ3v) is 2.92. The van der Waals surface area contributed by atoms with E-state index in [1.54, 1.807) is 7.11 Å². The lowest BCUT2D eigenvalue weighted by Gasteiger charge is -2.14. The molecule has 0 atom stereocenters. The molecule has 0 heterocycles. The van der Waals surface area contributed by atoms with Crippen molar-refractivity contribution in [3.63, 3.8) is 0 Å². The van der Waals surface area contributed by atoms with Crippen LogP contribution in [0.3, 0.4) is 0 Å². The first-order valence-electron chi connectivity index (χ1n) is 7.08. The van der Waals surface area contributed by atoms with Crippen molar-refractivity contribution in [1.82, 2.24) is 5.32 Å². The molecule has 0 bridgehead atoms. The Morgan fingerprint density at radius 3 is 2.76 bits per heavy atom. The highest BCUT2D eigenvalue weighted by atomic mass is 79.9. The number of ether oxygens (including phenoxy) is 3. The molecule has 5 heteroatoms. The quantitative estimate of drug-likeness (QED) is 0.615. The molecule has 21 heavy (non-hydrogen) atoms. The maximum absolute atomic E-state index is 5.78. The van der Waals surface area contributed by atoms with E-state index < -0.39 is 0 Å². The van der Waals surface area contributed by atoms with Gasteiger partial charge in [0.05, 0.1) is 13.2 Å². The molecule has 0 radical (unpaired) electrons. The van der Waals surface area contributed by atoms with Gasteiger partial charge in [-0.3, -0.25) is 0 Å². The van der Waals surface area contributed by atoms with E-state index >= 15 is 0 Å². The minimum absolute atomic E-state index is 0.433. The molecule has 0 aliphatic carbocycles. The summed E-state index contributed by atoms with van der Waals surface area (Å²) in [7, 11) is 1.69. The molecule has 0 aromatic heterocycles. The van der Waals surface area contributed by atoms with Crippen molar-refractivity contribution in [1.29, 1.82) is 0 Å². The summed E-state index contributed by atoms with van der Waals surface area (Å²) >= 11 is 3.31. The molecule has 0 spiro atoms. The average Bonchev–Trinajstić information content (AvgIpc) is 2.48. The highest BCUT2D eigenvalue weighted by Crippen LogP contribution is 2.26. The van der Waals surface area contributed by atoms with Crippen LogP contribution in [-0.4, -0.2) is 33.5 Å². The molecular formula is C16H24BrNO3. The van der Waals surface area contributed by atoms with E-state index in [0.29, 0.717) is 19.8 Å². The van der Waals surface area contributed by atoms with Gasteiger partial charge < -0.3 is 19.5 Å². The van der Waals surface area contributed by atoms with E-state index in [4.69, 9.17) is 14.2 Å². The van der Waals surface area contributed by atoms with Crippen LogP contribution in [0.25, 0.3) is 0 Å². The largest absolute Gasteiger partial charge is 0.493 e. The van der Waals surface area contributed by atoms with E-state index in [1.807, 2.05) is 18.2 Å². The Morgan fingerprint density at radius 1 is 1.29 bits per heavy atom. The van der Waals surface area contributed by atoms with Crippen LogP contribution in [0.2, 0.25) is 0 Å². The molecule has 4 nitrogen and oxygen atoms in total.